The Hall–Kier alpha value is -1.53. The molecule has 0 aromatic heterocycles. The molecule has 1 atom stereocenters. The molecule has 162 valence electrons. The van der Waals surface area contributed by atoms with E-state index >= 15 is 0 Å². The summed E-state index contributed by atoms with van der Waals surface area (Å²) in [5, 5.41) is 0. The molecule has 3 aromatic rings. The van der Waals surface area contributed by atoms with Crippen LogP contribution in [0.15, 0.2) is 99.4 Å². The molecule has 0 spiro atoms. The van der Waals surface area contributed by atoms with Crippen LogP contribution in [0.2, 0.25) is 0 Å². The first-order valence-electron chi connectivity index (χ1n) is 10.9. The van der Waals surface area contributed by atoms with Gasteiger partial charge in [0.1, 0.15) is 0 Å². The molecule has 2 aliphatic rings. The van der Waals surface area contributed by atoms with Gasteiger partial charge in [0.05, 0.1) is 0 Å². The molecule has 0 amide bonds. The Balaban J connectivity index is 0.00000144. The Morgan fingerprint density at radius 3 is 1.72 bits per heavy atom. The predicted octanol–water partition coefficient (Wildman–Crippen LogP) is 1.49. The first kappa shape index (κ1) is 25.1. The van der Waals surface area contributed by atoms with Crippen molar-refractivity contribution in [3.8, 4) is 11.1 Å². The number of benzene rings is 3. The zero-order valence-electron chi connectivity index (χ0n) is 19.0. The summed E-state index contributed by atoms with van der Waals surface area (Å²) in [5.74, 6) is 0.554. The molecule has 0 saturated heterocycles. The fourth-order valence-electron chi connectivity index (χ4n) is 5.47. The van der Waals surface area contributed by atoms with Crippen molar-refractivity contribution in [2.45, 2.75) is 31.3 Å². The number of hydrogen-bond donors (Lipinski definition) is 0. The summed E-state index contributed by atoms with van der Waals surface area (Å²) in [6.45, 7) is 9.53. The van der Waals surface area contributed by atoms with E-state index in [0.29, 0.717) is 9.54 Å². The number of fused-ring (bicyclic) bond motifs is 3. The monoisotopic (exact) mass is 536 g/mol. The third-order valence-corrected chi connectivity index (χ3v) is 16.1. The molecule has 0 radical (unpaired) electrons. The normalized spacial score (nSPS) is 17.1. The standard InChI is InChI=1S/C13H9.C8H11.C8H8.2ClH.Zr/c1-3-7-12-10(5-1)9-11-6-2-4-8-13(11)12;1-6-4-7(2)8(3)5-6;1-2-8-6-4-3-5-7-8;;;/h1-9H;4,6H,1-3H3;3-7H,1H3;2*1H;/q;;;;;+2/p-2. The van der Waals surface area contributed by atoms with Crippen LogP contribution in [0, 0.1) is 5.92 Å². The van der Waals surface area contributed by atoms with Crippen LogP contribution < -0.4 is 24.8 Å². The van der Waals surface area contributed by atoms with E-state index in [1.807, 2.05) is 0 Å². The van der Waals surface area contributed by atoms with Crippen LogP contribution in [0.3, 0.4) is 0 Å². The van der Waals surface area contributed by atoms with Crippen molar-refractivity contribution in [2.75, 3.05) is 0 Å². The number of hydrogen-bond acceptors (Lipinski definition) is 0. The third-order valence-electron chi connectivity index (χ3n) is 6.97. The van der Waals surface area contributed by atoms with E-state index in [1.54, 1.807) is 23.2 Å². The molecule has 2 aliphatic carbocycles. The number of allylic oxidation sites excluding steroid dienone is 4. The van der Waals surface area contributed by atoms with Gasteiger partial charge < -0.3 is 24.8 Å². The van der Waals surface area contributed by atoms with Crippen LogP contribution in [0.25, 0.3) is 11.1 Å². The Morgan fingerprint density at radius 1 is 0.719 bits per heavy atom. The number of halogens is 2. The summed E-state index contributed by atoms with van der Waals surface area (Å²) in [4.78, 5) is 0. The molecule has 0 fully saturated rings. The van der Waals surface area contributed by atoms with Gasteiger partial charge in [-0.05, 0) is 0 Å². The first-order valence-corrected chi connectivity index (χ1v) is 14.8. The van der Waals surface area contributed by atoms with Gasteiger partial charge in [0.15, 0.2) is 0 Å². The van der Waals surface area contributed by atoms with Crippen LogP contribution >= 0.6 is 0 Å². The molecule has 0 saturated carbocycles. The van der Waals surface area contributed by atoms with Crippen molar-refractivity contribution >= 4 is 3.21 Å². The van der Waals surface area contributed by atoms with Gasteiger partial charge in [0.2, 0.25) is 0 Å². The zero-order chi connectivity index (χ0) is 20.8. The van der Waals surface area contributed by atoms with Gasteiger partial charge in [-0.2, -0.15) is 0 Å². The Bertz CT molecular complexity index is 1190. The van der Waals surface area contributed by atoms with Gasteiger partial charge in [-0.3, -0.25) is 0 Å². The minimum Gasteiger partial charge on any atom is -1.00 e. The number of rotatable bonds is 3. The smallest absolute Gasteiger partial charge is 1.00 e. The molecular formula is C29H28Cl2Zr. The van der Waals surface area contributed by atoms with Crippen LogP contribution in [0.1, 0.15) is 48.0 Å². The minimum absolute atomic E-state index is 0. The zero-order valence-corrected chi connectivity index (χ0v) is 23.0. The van der Waals surface area contributed by atoms with Crippen LogP contribution in [-0.4, -0.2) is 3.21 Å². The third kappa shape index (κ3) is 4.09. The summed E-state index contributed by atoms with van der Waals surface area (Å²) in [5.41, 5.74) is 10.5. The van der Waals surface area contributed by atoms with Gasteiger partial charge >= 0.3 is 189 Å². The van der Waals surface area contributed by atoms with E-state index in [-0.39, 0.29) is 24.8 Å². The average molecular weight is 539 g/mol. The van der Waals surface area contributed by atoms with E-state index in [4.69, 9.17) is 0 Å². The minimum atomic E-state index is -2.33. The van der Waals surface area contributed by atoms with Crippen molar-refractivity contribution in [2.24, 2.45) is 5.92 Å². The van der Waals surface area contributed by atoms with Crippen LogP contribution in [0.4, 0.5) is 0 Å². The molecule has 3 heteroatoms. The second-order valence-corrected chi connectivity index (χ2v) is 15.3. The maximum Gasteiger partial charge on any atom is -1.00 e. The van der Waals surface area contributed by atoms with E-state index in [2.05, 4.69) is 113 Å². The van der Waals surface area contributed by atoms with E-state index in [0.717, 1.165) is 0 Å². The second-order valence-electron chi connectivity index (χ2n) is 8.69. The maximum absolute atomic E-state index is 2.50. The van der Waals surface area contributed by atoms with Crippen molar-refractivity contribution in [1.82, 2.24) is 0 Å². The molecule has 0 nitrogen and oxygen atoms in total. The average Bonchev–Trinajstić information content (AvgIpc) is 3.24. The largest absolute Gasteiger partial charge is 1.00 e. The first-order chi connectivity index (χ1) is 14.6. The quantitative estimate of drug-likeness (QED) is 0.474. The fourth-order valence-corrected chi connectivity index (χ4v) is 15.1. The Morgan fingerprint density at radius 2 is 1.22 bits per heavy atom. The molecule has 1 unspecified atom stereocenters. The van der Waals surface area contributed by atoms with E-state index in [1.165, 1.54) is 22.3 Å². The van der Waals surface area contributed by atoms with Gasteiger partial charge in [0, 0.05) is 0 Å². The Kier molecular flexibility index (Phi) is 7.98. The summed E-state index contributed by atoms with van der Waals surface area (Å²) in [6.07, 6.45) is 2.50. The molecule has 0 aliphatic heterocycles. The fraction of sp³-hybridized carbons (Fsp3) is 0.207. The van der Waals surface area contributed by atoms with E-state index in [9.17, 15) is 0 Å². The van der Waals surface area contributed by atoms with Crippen molar-refractivity contribution in [1.29, 1.82) is 0 Å². The molecule has 3 aromatic carbocycles. The van der Waals surface area contributed by atoms with Crippen molar-refractivity contribution in [3.63, 3.8) is 0 Å². The van der Waals surface area contributed by atoms with Crippen LogP contribution in [0.5, 0.6) is 0 Å². The second kappa shape index (κ2) is 10.2. The van der Waals surface area contributed by atoms with Gasteiger partial charge in [0.25, 0.3) is 0 Å². The van der Waals surface area contributed by atoms with Crippen molar-refractivity contribution in [3.05, 3.63) is 116 Å². The Labute approximate surface area is 212 Å². The van der Waals surface area contributed by atoms with E-state index < -0.39 is 21.3 Å². The predicted molar refractivity (Wildman–Crippen MR) is 126 cm³/mol. The molecule has 0 N–H and O–H groups in total. The summed E-state index contributed by atoms with van der Waals surface area (Å²) < 4.78 is 4.00. The van der Waals surface area contributed by atoms with Crippen LogP contribution in [-0.2, 0) is 21.3 Å². The SMILES string of the molecule is CC1=CC(C)[C](/[Zr+2](=[C](\C)c2ccccc2)[CH]2c3ccccc3-c3ccccc32)=C1C.[Cl-].[Cl-]. The summed E-state index contributed by atoms with van der Waals surface area (Å²) in [6, 6.07) is 29.5. The summed E-state index contributed by atoms with van der Waals surface area (Å²) in [7, 11) is 0. The molecular weight excluding hydrogens is 510 g/mol. The molecule has 0 heterocycles. The maximum atomic E-state index is 2.50. The van der Waals surface area contributed by atoms with Gasteiger partial charge in [-0.25, -0.2) is 0 Å². The molecule has 5 rings (SSSR count). The van der Waals surface area contributed by atoms with Crippen molar-refractivity contribution < 1.29 is 46.1 Å². The molecule has 0 bridgehead atoms. The van der Waals surface area contributed by atoms with Gasteiger partial charge in [-0.15, -0.1) is 0 Å². The topological polar surface area (TPSA) is 0 Å². The molecule has 32 heavy (non-hydrogen) atoms. The van der Waals surface area contributed by atoms with Gasteiger partial charge in [-0.1, -0.05) is 0 Å². The summed E-state index contributed by atoms with van der Waals surface area (Å²) >= 11 is -2.33.